The number of anilines is 2. The predicted octanol–water partition coefficient (Wildman–Crippen LogP) is 11.9. The van der Waals surface area contributed by atoms with Crippen LogP contribution < -0.4 is 4.90 Å². The fourth-order valence-electron chi connectivity index (χ4n) is 8.14. The van der Waals surface area contributed by atoms with Crippen LogP contribution in [0.15, 0.2) is 84.9 Å². The molecule has 3 aliphatic carbocycles. The third kappa shape index (κ3) is 4.52. The Morgan fingerprint density at radius 3 is 1.95 bits per heavy atom. The van der Waals surface area contributed by atoms with Crippen molar-refractivity contribution in [2.45, 2.75) is 109 Å². The zero-order valence-electron chi connectivity index (χ0n) is 28.2. The highest BCUT2D eigenvalue weighted by molar-refractivity contribution is 5.87. The Morgan fingerprint density at radius 2 is 1.26 bits per heavy atom. The molecule has 1 nitrogen and oxygen atoms in total. The molecule has 0 aliphatic heterocycles. The third-order valence-electron chi connectivity index (χ3n) is 10.1. The van der Waals surface area contributed by atoms with Crippen molar-refractivity contribution in [1.82, 2.24) is 0 Å². The summed E-state index contributed by atoms with van der Waals surface area (Å²) < 4.78 is 19.9. The van der Waals surface area contributed by atoms with Crippen LogP contribution >= 0.6 is 0 Å². The van der Waals surface area contributed by atoms with Gasteiger partial charge in [0.15, 0.2) is 0 Å². The molecule has 0 amide bonds. The molecule has 0 spiro atoms. The summed E-state index contributed by atoms with van der Waals surface area (Å²) in [4.78, 5) is 2.53. The average molecular weight is 556 g/mol. The molecule has 0 radical (unpaired) electrons. The first-order valence-corrected chi connectivity index (χ1v) is 16.2. The lowest BCUT2D eigenvalue weighted by atomic mass is 9.80. The predicted molar refractivity (Wildman–Crippen MR) is 180 cm³/mol. The zero-order chi connectivity index (χ0) is 30.9. The second-order valence-electron chi connectivity index (χ2n) is 14.3. The summed E-state index contributed by atoms with van der Waals surface area (Å²) in [5.41, 5.74) is 11.8. The van der Waals surface area contributed by atoms with Gasteiger partial charge in [0.25, 0.3) is 0 Å². The van der Waals surface area contributed by atoms with Gasteiger partial charge in [-0.1, -0.05) is 112 Å². The fourth-order valence-corrected chi connectivity index (χ4v) is 8.14. The summed E-state index contributed by atoms with van der Waals surface area (Å²) in [5.74, 6) is -1.27. The molecule has 0 aromatic heterocycles. The van der Waals surface area contributed by atoms with E-state index in [2.05, 4.69) is 124 Å². The number of nitrogens with zero attached hydrogens (tertiary/aromatic N) is 1. The number of rotatable bonds is 5. The molecule has 2 saturated carbocycles. The minimum Gasteiger partial charge on any atom is -0.336 e. The number of fused-ring (bicyclic) bond motifs is 3. The topological polar surface area (TPSA) is 3.24 Å². The second-order valence-corrected chi connectivity index (χ2v) is 14.3. The molecule has 42 heavy (non-hydrogen) atoms. The lowest BCUT2D eigenvalue weighted by Crippen LogP contribution is -2.39. The lowest BCUT2D eigenvalue weighted by molar-refractivity contribution is 0.551. The Labute approximate surface area is 256 Å². The van der Waals surface area contributed by atoms with E-state index in [0.29, 0.717) is 0 Å². The number of hydrogen-bond donors (Lipinski definition) is 0. The van der Waals surface area contributed by atoms with Gasteiger partial charge in [-0.3, -0.25) is 0 Å². The Morgan fingerprint density at radius 1 is 0.643 bits per heavy atom. The summed E-state index contributed by atoms with van der Waals surface area (Å²) in [5, 5.41) is 0. The average Bonchev–Trinajstić information content (AvgIpc) is 3.70. The fraction of sp³-hybridized carbons (Fsp3) is 0.415. The van der Waals surface area contributed by atoms with Crippen molar-refractivity contribution in [1.29, 1.82) is 0 Å². The van der Waals surface area contributed by atoms with Crippen LogP contribution in [0.3, 0.4) is 0 Å². The van der Waals surface area contributed by atoms with Gasteiger partial charge in [-0.05, 0) is 115 Å². The van der Waals surface area contributed by atoms with E-state index in [9.17, 15) is 2.74 Å². The van der Waals surface area contributed by atoms with Gasteiger partial charge in [-0.15, -0.1) is 0 Å². The largest absolute Gasteiger partial charge is 0.336 e. The maximum absolute atomic E-state index is 9.98. The highest BCUT2D eigenvalue weighted by Crippen LogP contribution is 2.55. The molecule has 2 fully saturated rings. The van der Waals surface area contributed by atoms with E-state index in [4.69, 9.17) is 0 Å². The van der Waals surface area contributed by atoms with Crippen LogP contribution in [0.25, 0.3) is 22.3 Å². The molecule has 4 aromatic carbocycles. The van der Waals surface area contributed by atoms with Crippen LogP contribution in [0.4, 0.5) is 11.4 Å². The van der Waals surface area contributed by atoms with Gasteiger partial charge in [0.2, 0.25) is 0 Å². The summed E-state index contributed by atoms with van der Waals surface area (Å²) in [6, 6.07) is 31.1. The van der Waals surface area contributed by atoms with Crippen molar-refractivity contribution in [3.05, 3.63) is 107 Å². The van der Waals surface area contributed by atoms with E-state index in [1.165, 1.54) is 33.4 Å². The smallest absolute Gasteiger partial charge is 0.0457 e. The zero-order valence-corrected chi connectivity index (χ0v) is 26.2. The molecule has 0 N–H and O–H groups in total. The molecule has 216 valence electrons. The monoisotopic (exact) mass is 555 g/mol. The van der Waals surface area contributed by atoms with Crippen LogP contribution in [0, 0.1) is 0 Å². The quantitative estimate of drug-likeness (QED) is 0.237. The van der Waals surface area contributed by atoms with E-state index in [-0.39, 0.29) is 11.0 Å². The van der Waals surface area contributed by atoms with Crippen LogP contribution in [0.5, 0.6) is 0 Å². The van der Waals surface area contributed by atoms with Crippen LogP contribution in [-0.2, 0) is 5.41 Å². The molecule has 0 atom stereocenters. The molecule has 0 unspecified atom stereocenters. The Balaban J connectivity index is 1.55. The van der Waals surface area contributed by atoms with E-state index in [1.807, 2.05) is 0 Å². The van der Waals surface area contributed by atoms with Crippen molar-refractivity contribution in [3.8, 4) is 22.3 Å². The minimum atomic E-state index is -0.650. The van der Waals surface area contributed by atoms with Crippen LogP contribution in [0.1, 0.15) is 123 Å². The molecule has 0 saturated heterocycles. The number of hydrogen-bond acceptors (Lipinski definition) is 1. The highest BCUT2D eigenvalue weighted by Gasteiger charge is 2.39. The van der Waals surface area contributed by atoms with Gasteiger partial charge < -0.3 is 4.90 Å². The van der Waals surface area contributed by atoms with Gasteiger partial charge >= 0.3 is 0 Å². The van der Waals surface area contributed by atoms with Gasteiger partial charge in [0, 0.05) is 25.1 Å². The molecule has 0 bridgehead atoms. The first-order chi connectivity index (χ1) is 20.9. The summed E-state index contributed by atoms with van der Waals surface area (Å²) >= 11 is 0. The lowest BCUT2D eigenvalue weighted by Gasteiger charge is -2.42. The number of benzene rings is 4. The first-order valence-electron chi connectivity index (χ1n) is 17.2. The van der Waals surface area contributed by atoms with E-state index in [1.54, 1.807) is 0 Å². The van der Waals surface area contributed by atoms with Gasteiger partial charge in [0.1, 0.15) is 0 Å². The summed E-state index contributed by atoms with van der Waals surface area (Å²) in [6.07, 6.45) is 7.92. The van der Waals surface area contributed by atoms with E-state index >= 15 is 0 Å². The molecular weight excluding hydrogens is 506 g/mol. The molecule has 0 heterocycles. The second kappa shape index (κ2) is 10.4. The maximum atomic E-state index is 9.98. The minimum absolute atomic E-state index is 0.117. The molecular formula is C41H47N. The standard InChI is InChI=1S/C41H47N/c1-40(2,3)42(37-25-15-23-31(28-16-7-6-8-17-28)39(37)30-20-11-12-21-30)38-27-34-32-22-13-14-24-35(32)41(4,5)36(34)26-33(38)29-18-9-10-19-29/h6-8,13-17,22-27,29-30H,9-12,18-21H2,1-5H3/i29D,30D. The molecule has 4 aromatic rings. The van der Waals surface area contributed by atoms with Crippen molar-refractivity contribution >= 4 is 11.4 Å². The summed E-state index contributed by atoms with van der Waals surface area (Å²) in [6.45, 7) is 11.6. The van der Waals surface area contributed by atoms with E-state index < -0.39 is 11.8 Å². The van der Waals surface area contributed by atoms with Crippen molar-refractivity contribution in [3.63, 3.8) is 0 Å². The van der Waals surface area contributed by atoms with Crippen molar-refractivity contribution < 1.29 is 2.74 Å². The Bertz CT molecular complexity index is 1700. The summed E-state index contributed by atoms with van der Waals surface area (Å²) in [7, 11) is 0. The van der Waals surface area contributed by atoms with Crippen molar-refractivity contribution in [2.24, 2.45) is 0 Å². The SMILES string of the molecule is [2H]C1(c2cc3c(cc2N(c2cccc(-c4ccccc4)c2C2([2H])CCCC2)C(C)(C)C)-c2ccccc2C3(C)C)CCCC1. The highest BCUT2D eigenvalue weighted by atomic mass is 15.2. The van der Waals surface area contributed by atoms with Crippen LogP contribution in [0.2, 0.25) is 0 Å². The maximum Gasteiger partial charge on any atom is 0.0457 e. The molecule has 1 heteroatoms. The first kappa shape index (κ1) is 25.2. The van der Waals surface area contributed by atoms with Gasteiger partial charge in [0.05, 0.1) is 0 Å². The third-order valence-corrected chi connectivity index (χ3v) is 10.1. The Kier molecular flexibility index (Phi) is 6.27. The van der Waals surface area contributed by atoms with E-state index in [0.717, 1.165) is 73.9 Å². The van der Waals surface area contributed by atoms with Crippen molar-refractivity contribution in [2.75, 3.05) is 4.90 Å². The van der Waals surface area contributed by atoms with Crippen LogP contribution in [-0.4, -0.2) is 5.54 Å². The molecule has 3 aliphatic rings. The van der Waals surface area contributed by atoms with Gasteiger partial charge in [-0.25, -0.2) is 0 Å². The molecule has 7 rings (SSSR count). The van der Waals surface area contributed by atoms with Gasteiger partial charge in [-0.2, -0.15) is 0 Å². The normalized spacial score (nSPS) is 20.5. The Hall–Kier alpha value is -3.32.